The van der Waals surface area contributed by atoms with E-state index >= 15 is 0 Å². The number of hydrogen-bond donors (Lipinski definition) is 0. The van der Waals surface area contributed by atoms with E-state index in [1.807, 2.05) is 12.2 Å². The molecule has 2 rings (SSSR count). The third kappa shape index (κ3) is 7.86. The number of ether oxygens (including phenoxy) is 4. The van der Waals surface area contributed by atoms with Crippen LogP contribution in [0, 0.1) is 12.2 Å². The normalized spacial score (nSPS) is 14.3. The van der Waals surface area contributed by atoms with Gasteiger partial charge in [-0.1, -0.05) is 0 Å². The molecule has 0 aromatic heterocycles. The minimum atomic E-state index is 0. The van der Waals surface area contributed by atoms with Gasteiger partial charge in [0.05, 0.1) is 28.4 Å². The Morgan fingerprint density at radius 1 is 0.714 bits per heavy atom. The van der Waals surface area contributed by atoms with E-state index in [1.165, 1.54) is 0 Å². The van der Waals surface area contributed by atoms with Crippen molar-refractivity contribution < 1.29 is 40.7 Å². The Bertz CT molecular complexity index is 330. The Kier molecular flexibility index (Phi) is 17.4. The van der Waals surface area contributed by atoms with Gasteiger partial charge in [0.2, 0.25) is 0 Å². The molecule has 0 aromatic rings. The first-order valence-electron chi connectivity index (χ1n) is 5.55. The zero-order valence-electron chi connectivity index (χ0n) is 12.5. The molecule has 0 fully saturated rings. The third-order valence-electron chi connectivity index (χ3n) is 2.40. The fraction of sp³-hybridized carbons (Fsp3) is 0.429. The summed E-state index contributed by atoms with van der Waals surface area (Å²) in [6.45, 7) is 0. The van der Waals surface area contributed by atoms with Crippen LogP contribution in [0.4, 0.5) is 0 Å². The van der Waals surface area contributed by atoms with Gasteiger partial charge in [-0.15, -0.1) is 49.8 Å². The fourth-order valence-electron chi connectivity index (χ4n) is 1.53. The van der Waals surface area contributed by atoms with E-state index in [4.69, 9.17) is 18.9 Å². The minimum absolute atomic E-state index is 0. The van der Waals surface area contributed by atoms with Crippen LogP contribution in [0.3, 0.4) is 0 Å². The maximum Gasteiger partial charge on any atom is 2.00 e. The van der Waals surface area contributed by atoms with Crippen LogP contribution in [0.15, 0.2) is 35.2 Å². The molecule has 0 saturated carbocycles. The topological polar surface area (TPSA) is 36.9 Å². The molecular weight excluding hydrogens is 351 g/mol. The van der Waals surface area contributed by atoms with Crippen molar-refractivity contribution in [2.24, 2.45) is 0 Å². The van der Waals surface area contributed by atoms with Crippen LogP contribution in [0.25, 0.3) is 0 Å². The maximum atomic E-state index is 4.95. The van der Waals surface area contributed by atoms with Gasteiger partial charge in [0.1, 0.15) is 0 Å². The van der Waals surface area contributed by atoms with Crippen LogP contribution in [-0.2, 0) is 40.7 Å². The summed E-state index contributed by atoms with van der Waals surface area (Å²) in [4.78, 5) is 0. The van der Waals surface area contributed by atoms with Gasteiger partial charge in [-0.2, -0.15) is 0 Å². The molecule has 2 aliphatic carbocycles. The van der Waals surface area contributed by atoms with Gasteiger partial charge in [-0.25, -0.2) is 12.2 Å². The third-order valence-corrected chi connectivity index (χ3v) is 2.40. The first kappa shape index (κ1) is 25.4. The zero-order chi connectivity index (χ0) is 13.4. The van der Waals surface area contributed by atoms with Crippen LogP contribution in [0.2, 0.25) is 0 Å². The molecule has 118 valence electrons. The summed E-state index contributed by atoms with van der Waals surface area (Å²) in [5, 5.41) is 0. The first-order valence-corrected chi connectivity index (χ1v) is 5.55. The number of allylic oxidation sites excluding steroid dienone is 4. The summed E-state index contributed by atoms with van der Waals surface area (Å²) in [6, 6.07) is 0. The summed E-state index contributed by atoms with van der Waals surface area (Å²) < 4.78 is 19.8. The molecule has 0 saturated heterocycles. The van der Waals surface area contributed by atoms with Gasteiger partial charge >= 0.3 is 21.7 Å². The largest absolute Gasteiger partial charge is 2.00 e. The predicted octanol–water partition coefficient (Wildman–Crippen LogP) is 3.35. The molecule has 2 aliphatic rings. The van der Waals surface area contributed by atoms with Crippen molar-refractivity contribution in [2.75, 3.05) is 28.4 Å². The standard InChI is InChI=1S/2C7H9O2.2ClH.Ti/c2*1-8-6-4-3-5-7(6)9-2;;;/h2*4H,3H2,1-2H3;2*1H;/q2*-1;;;+2. The maximum absolute atomic E-state index is 4.95. The Hall–Kier alpha value is -0.546. The molecule has 0 radical (unpaired) electrons. The molecule has 0 aliphatic heterocycles. The van der Waals surface area contributed by atoms with Crippen LogP contribution in [0.1, 0.15) is 12.8 Å². The van der Waals surface area contributed by atoms with E-state index in [1.54, 1.807) is 28.4 Å². The van der Waals surface area contributed by atoms with Crippen molar-refractivity contribution in [2.45, 2.75) is 12.8 Å². The van der Waals surface area contributed by atoms with E-state index in [2.05, 4.69) is 12.2 Å². The van der Waals surface area contributed by atoms with Gasteiger partial charge in [0.25, 0.3) is 0 Å². The van der Waals surface area contributed by atoms with E-state index in [-0.39, 0.29) is 46.5 Å². The number of methoxy groups -OCH3 is 4. The van der Waals surface area contributed by atoms with Crippen LogP contribution in [0.5, 0.6) is 0 Å². The molecule has 21 heavy (non-hydrogen) atoms. The molecule has 0 spiro atoms. The van der Waals surface area contributed by atoms with Crippen molar-refractivity contribution in [1.29, 1.82) is 0 Å². The molecule has 0 aromatic carbocycles. The molecule has 4 nitrogen and oxygen atoms in total. The monoisotopic (exact) mass is 370 g/mol. The van der Waals surface area contributed by atoms with Gasteiger partial charge in [-0.05, 0) is 11.5 Å². The Morgan fingerprint density at radius 2 is 1.05 bits per heavy atom. The van der Waals surface area contributed by atoms with Crippen LogP contribution < -0.4 is 0 Å². The smallest absolute Gasteiger partial charge is 0.578 e. The van der Waals surface area contributed by atoms with Crippen LogP contribution >= 0.6 is 24.8 Å². The summed E-state index contributed by atoms with van der Waals surface area (Å²) >= 11 is 0. The molecular formula is C14H20Cl2O4Ti. The Morgan fingerprint density at radius 3 is 1.24 bits per heavy atom. The predicted molar refractivity (Wildman–Crippen MR) is 81.4 cm³/mol. The van der Waals surface area contributed by atoms with Crippen molar-refractivity contribution in [3.05, 3.63) is 47.3 Å². The second kappa shape index (κ2) is 14.4. The van der Waals surface area contributed by atoms with Gasteiger partial charge in [0.15, 0.2) is 0 Å². The second-order valence-electron chi connectivity index (χ2n) is 3.37. The summed E-state index contributed by atoms with van der Waals surface area (Å²) in [6.07, 6.45) is 11.4. The van der Waals surface area contributed by atoms with Crippen molar-refractivity contribution in [1.82, 2.24) is 0 Å². The Balaban J connectivity index is -0.000000270. The van der Waals surface area contributed by atoms with Crippen molar-refractivity contribution in [3.63, 3.8) is 0 Å². The molecule has 0 heterocycles. The summed E-state index contributed by atoms with van der Waals surface area (Å²) in [5.41, 5.74) is 0. The van der Waals surface area contributed by atoms with Gasteiger partial charge in [-0.3, -0.25) is 0 Å². The quantitative estimate of drug-likeness (QED) is 0.561. The average molecular weight is 371 g/mol. The minimum Gasteiger partial charge on any atom is -0.578 e. The summed E-state index contributed by atoms with van der Waals surface area (Å²) in [7, 11) is 6.47. The molecule has 0 amide bonds. The Labute approximate surface area is 153 Å². The molecule has 0 unspecified atom stereocenters. The van der Waals surface area contributed by atoms with E-state index in [0.29, 0.717) is 0 Å². The molecule has 0 bridgehead atoms. The van der Waals surface area contributed by atoms with Crippen molar-refractivity contribution >= 4 is 24.8 Å². The first-order chi connectivity index (χ1) is 8.76. The van der Waals surface area contributed by atoms with Gasteiger partial charge in [0, 0.05) is 11.5 Å². The fourth-order valence-corrected chi connectivity index (χ4v) is 1.53. The van der Waals surface area contributed by atoms with E-state index < -0.39 is 0 Å². The molecule has 0 atom stereocenters. The summed E-state index contributed by atoms with van der Waals surface area (Å²) in [5.74, 6) is 3.02. The zero-order valence-corrected chi connectivity index (χ0v) is 15.7. The second-order valence-corrected chi connectivity index (χ2v) is 3.37. The number of hydrogen-bond acceptors (Lipinski definition) is 4. The van der Waals surface area contributed by atoms with Crippen LogP contribution in [-0.4, -0.2) is 28.4 Å². The van der Waals surface area contributed by atoms with E-state index in [0.717, 1.165) is 35.9 Å². The number of rotatable bonds is 4. The van der Waals surface area contributed by atoms with Crippen molar-refractivity contribution in [3.8, 4) is 0 Å². The molecule has 7 heteroatoms. The average Bonchev–Trinajstić information content (AvgIpc) is 3.06. The van der Waals surface area contributed by atoms with E-state index in [9.17, 15) is 0 Å². The SMILES string of the molecule is COC1=[C-]CC=C1OC.COC1=[C-]CC=C1OC.Cl.Cl.[Ti+2]. The molecule has 0 N–H and O–H groups in total. The van der Waals surface area contributed by atoms with Gasteiger partial charge < -0.3 is 18.9 Å². The number of halogens is 2.